The number of ketones is 1. The molecule has 0 radical (unpaired) electrons. The number of Topliss-reactive ketones (excluding diaryl/α,β-unsaturated/α-hetero) is 1. The summed E-state index contributed by atoms with van der Waals surface area (Å²) in [6.45, 7) is 0.218. The number of hydrogen-bond donors (Lipinski definition) is 0. The van der Waals surface area contributed by atoms with E-state index < -0.39 is 5.92 Å². The van der Waals surface area contributed by atoms with Crippen LogP contribution in [0.15, 0.2) is 30.3 Å². The summed E-state index contributed by atoms with van der Waals surface area (Å²) in [6, 6.07) is 8.58. The minimum Gasteiger partial charge on any atom is -0.497 e. The molecular formula is C20H22O7. The number of benzene rings is 2. The lowest BCUT2D eigenvalue weighted by molar-refractivity contribution is 0.0493. The second-order valence-electron chi connectivity index (χ2n) is 5.89. The van der Waals surface area contributed by atoms with Crippen molar-refractivity contribution < 1.29 is 33.2 Å². The first kappa shape index (κ1) is 18.8. The highest BCUT2D eigenvalue weighted by Crippen LogP contribution is 2.42. The van der Waals surface area contributed by atoms with Crippen LogP contribution in [0.1, 0.15) is 21.8 Å². The van der Waals surface area contributed by atoms with Gasteiger partial charge in [-0.25, -0.2) is 0 Å². The first-order valence-electron chi connectivity index (χ1n) is 8.35. The largest absolute Gasteiger partial charge is 0.497 e. The Morgan fingerprint density at radius 1 is 0.963 bits per heavy atom. The molecule has 1 heterocycles. The van der Waals surface area contributed by atoms with Gasteiger partial charge in [0.05, 0.1) is 32.8 Å². The van der Waals surface area contributed by atoms with Crippen LogP contribution in [0.3, 0.4) is 0 Å². The van der Waals surface area contributed by atoms with Gasteiger partial charge in [-0.05, 0) is 18.2 Å². The molecule has 0 bridgehead atoms. The SMILES string of the molecule is COCOc1cc(OC)c(OC)cc1C1COc2cc(OC)ccc2C1=O. The Morgan fingerprint density at radius 3 is 2.37 bits per heavy atom. The quantitative estimate of drug-likeness (QED) is 0.690. The summed E-state index contributed by atoms with van der Waals surface area (Å²) in [6.07, 6.45) is 0. The van der Waals surface area contributed by atoms with E-state index in [0.717, 1.165) is 0 Å². The average Bonchev–Trinajstić information content (AvgIpc) is 2.71. The third kappa shape index (κ3) is 3.64. The maximum absolute atomic E-state index is 13.1. The van der Waals surface area contributed by atoms with Crippen LogP contribution < -0.4 is 23.7 Å². The van der Waals surface area contributed by atoms with Crippen molar-refractivity contribution in [3.05, 3.63) is 41.5 Å². The summed E-state index contributed by atoms with van der Waals surface area (Å²) < 4.78 is 32.4. The predicted molar refractivity (Wildman–Crippen MR) is 97.6 cm³/mol. The summed E-state index contributed by atoms with van der Waals surface area (Å²) in [5.74, 6) is 2.03. The van der Waals surface area contributed by atoms with Gasteiger partial charge in [0, 0.05) is 24.8 Å². The molecule has 7 nitrogen and oxygen atoms in total. The highest BCUT2D eigenvalue weighted by Gasteiger charge is 2.33. The number of ether oxygens (including phenoxy) is 6. The number of methoxy groups -OCH3 is 4. The molecule has 0 spiro atoms. The molecule has 0 aromatic heterocycles. The zero-order valence-electron chi connectivity index (χ0n) is 15.7. The summed E-state index contributed by atoms with van der Waals surface area (Å²) >= 11 is 0. The molecule has 2 aromatic carbocycles. The van der Waals surface area contributed by atoms with Crippen LogP contribution in [0.4, 0.5) is 0 Å². The average molecular weight is 374 g/mol. The van der Waals surface area contributed by atoms with Gasteiger partial charge in [0.25, 0.3) is 0 Å². The van der Waals surface area contributed by atoms with E-state index in [2.05, 4.69) is 0 Å². The normalized spacial score (nSPS) is 15.6. The van der Waals surface area contributed by atoms with E-state index >= 15 is 0 Å². The van der Waals surface area contributed by atoms with E-state index in [0.29, 0.717) is 39.9 Å². The lowest BCUT2D eigenvalue weighted by atomic mass is 9.88. The van der Waals surface area contributed by atoms with Crippen molar-refractivity contribution in [3.63, 3.8) is 0 Å². The van der Waals surface area contributed by atoms with Crippen LogP contribution >= 0.6 is 0 Å². The summed E-state index contributed by atoms with van der Waals surface area (Å²) in [7, 11) is 6.17. The summed E-state index contributed by atoms with van der Waals surface area (Å²) in [5, 5.41) is 0. The van der Waals surface area contributed by atoms with Crippen molar-refractivity contribution in [2.45, 2.75) is 5.92 Å². The minimum absolute atomic E-state index is 0.0397. The van der Waals surface area contributed by atoms with E-state index in [1.165, 1.54) is 21.3 Å². The Labute approximate surface area is 157 Å². The molecule has 1 unspecified atom stereocenters. The Morgan fingerprint density at radius 2 is 1.70 bits per heavy atom. The Hall–Kier alpha value is -2.93. The van der Waals surface area contributed by atoms with Crippen molar-refractivity contribution in [3.8, 4) is 28.7 Å². The molecule has 0 fully saturated rings. The van der Waals surface area contributed by atoms with Crippen LogP contribution in [0.2, 0.25) is 0 Å². The lowest BCUT2D eigenvalue weighted by Crippen LogP contribution is -2.26. The van der Waals surface area contributed by atoms with Crippen molar-refractivity contribution in [2.75, 3.05) is 41.8 Å². The zero-order chi connectivity index (χ0) is 19.4. The van der Waals surface area contributed by atoms with Gasteiger partial charge in [-0.1, -0.05) is 0 Å². The molecule has 3 rings (SSSR count). The van der Waals surface area contributed by atoms with Crippen LogP contribution in [-0.2, 0) is 4.74 Å². The molecule has 2 aromatic rings. The molecule has 7 heteroatoms. The fraction of sp³-hybridized carbons (Fsp3) is 0.350. The number of hydrogen-bond acceptors (Lipinski definition) is 7. The monoisotopic (exact) mass is 374 g/mol. The van der Waals surface area contributed by atoms with E-state index in [-0.39, 0.29) is 19.2 Å². The molecule has 144 valence electrons. The number of fused-ring (bicyclic) bond motifs is 1. The van der Waals surface area contributed by atoms with Crippen molar-refractivity contribution in [1.29, 1.82) is 0 Å². The van der Waals surface area contributed by atoms with Gasteiger partial charge >= 0.3 is 0 Å². The number of carbonyl (C=O) groups is 1. The predicted octanol–water partition coefficient (Wildman–Crippen LogP) is 3.05. The van der Waals surface area contributed by atoms with E-state index in [1.807, 2.05) is 0 Å². The van der Waals surface area contributed by atoms with Crippen molar-refractivity contribution >= 4 is 5.78 Å². The van der Waals surface area contributed by atoms with Gasteiger partial charge in [-0.15, -0.1) is 0 Å². The van der Waals surface area contributed by atoms with E-state index in [1.54, 1.807) is 37.4 Å². The highest BCUT2D eigenvalue weighted by molar-refractivity contribution is 6.04. The summed E-state index contributed by atoms with van der Waals surface area (Å²) in [5.41, 5.74) is 1.15. The summed E-state index contributed by atoms with van der Waals surface area (Å²) in [4.78, 5) is 13.1. The molecule has 1 aliphatic rings. The number of carbonyl (C=O) groups excluding carboxylic acids is 1. The maximum Gasteiger partial charge on any atom is 0.188 e. The smallest absolute Gasteiger partial charge is 0.188 e. The molecular weight excluding hydrogens is 352 g/mol. The van der Waals surface area contributed by atoms with Crippen LogP contribution in [0.25, 0.3) is 0 Å². The molecule has 0 saturated heterocycles. The lowest BCUT2D eigenvalue weighted by Gasteiger charge is -2.26. The van der Waals surface area contributed by atoms with E-state index in [9.17, 15) is 4.79 Å². The first-order valence-corrected chi connectivity index (χ1v) is 8.35. The Balaban J connectivity index is 2.02. The molecule has 27 heavy (non-hydrogen) atoms. The Bertz CT molecular complexity index is 831. The Kier molecular flexibility index (Phi) is 5.71. The van der Waals surface area contributed by atoms with E-state index in [4.69, 9.17) is 28.4 Å². The minimum atomic E-state index is -0.544. The topological polar surface area (TPSA) is 72.5 Å². The van der Waals surface area contributed by atoms with Gasteiger partial charge in [-0.2, -0.15) is 0 Å². The van der Waals surface area contributed by atoms with Gasteiger partial charge in [-0.3, -0.25) is 4.79 Å². The zero-order valence-corrected chi connectivity index (χ0v) is 15.7. The van der Waals surface area contributed by atoms with Crippen molar-refractivity contribution in [1.82, 2.24) is 0 Å². The standard InChI is InChI=1S/C20H22O7/c1-22-11-27-17-9-19(25-4)18(24-3)8-14(17)15-10-26-16-7-12(23-2)5-6-13(16)20(15)21/h5-9,15H,10-11H2,1-4H3. The molecule has 1 atom stereocenters. The highest BCUT2D eigenvalue weighted by atomic mass is 16.7. The fourth-order valence-electron chi connectivity index (χ4n) is 3.02. The van der Waals surface area contributed by atoms with Gasteiger partial charge in [0.15, 0.2) is 24.1 Å². The second-order valence-corrected chi connectivity index (χ2v) is 5.89. The van der Waals surface area contributed by atoms with Crippen LogP contribution in [-0.4, -0.2) is 47.6 Å². The maximum atomic E-state index is 13.1. The fourth-order valence-corrected chi connectivity index (χ4v) is 3.02. The van der Waals surface area contributed by atoms with Crippen LogP contribution in [0, 0.1) is 0 Å². The molecule has 0 N–H and O–H groups in total. The third-order valence-corrected chi connectivity index (χ3v) is 4.40. The molecule has 0 amide bonds. The molecule has 0 aliphatic carbocycles. The van der Waals surface area contributed by atoms with Crippen LogP contribution in [0.5, 0.6) is 28.7 Å². The third-order valence-electron chi connectivity index (χ3n) is 4.40. The van der Waals surface area contributed by atoms with Gasteiger partial charge in [0.1, 0.15) is 23.9 Å². The molecule has 0 saturated carbocycles. The molecule has 1 aliphatic heterocycles. The van der Waals surface area contributed by atoms with Gasteiger partial charge < -0.3 is 28.4 Å². The van der Waals surface area contributed by atoms with Gasteiger partial charge in [0.2, 0.25) is 0 Å². The van der Waals surface area contributed by atoms with Crippen molar-refractivity contribution in [2.24, 2.45) is 0 Å². The number of rotatable bonds is 7. The first-order chi connectivity index (χ1) is 13.1. The second kappa shape index (κ2) is 8.18.